The molecule has 0 aromatic heterocycles. The third-order valence-corrected chi connectivity index (χ3v) is 4.45. The van der Waals surface area contributed by atoms with Crippen LogP contribution in [0.15, 0.2) is 28.1 Å². The number of hydrogen-bond donors (Lipinski definition) is 2. The zero-order valence-electron chi connectivity index (χ0n) is 10.8. The van der Waals surface area contributed by atoms with Crippen molar-refractivity contribution in [3.63, 3.8) is 0 Å². The molecular formula is C11H14N4O2S2. The molecule has 0 atom stereocenters. The first-order chi connectivity index (χ1) is 8.94. The van der Waals surface area contributed by atoms with Crippen LogP contribution in [-0.2, 0) is 10.0 Å². The fourth-order valence-electron chi connectivity index (χ4n) is 1.35. The number of benzene rings is 1. The van der Waals surface area contributed by atoms with Crippen LogP contribution < -0.4 is 10.0 Å². The molecule has 1 aromatic carbocycles. The molecule has 0 amide bonds. The van der Waals surface area contributed by atoms with Gasteiger partial charge in [0.25, 0.3) is 0 Å². The molecule has 6 nitrogen and oxygen atoms in total. The van der Waals surface area contributed by atoms with Gasteiger partial charge in [0.1, 0.15) is 0 Å². The van der Waals surface area contributed by atoms with Crippen molar-refractivity contribution in [2.75, 3.05) is 13.3 Å². The molecule has 2 N–H and O–H groups in total. The van der Waals surface area contributed by atoms with Crippen LogP contribution in [0.1, 0.15) is 5.56 Å². The van der Waals surface area contributed by atoms with Gasteiger partial charge < -0.3 is 0 Å². The highest BCUT2D eigenvalue weighted by atomic mass is 32.2. The second-order valence-corrected chi connectivity index (χ2v) is 6.17. The summed E-state index contributed by atoms with van der Waals surface area (Å²) in [5.41, 5.74) is 1.10. The van der Waals surface area contributed by atoms with E-state index in [0.29, 0.717) is 16.4 Å². The van der Waals surface area contributed by atoms with Gasteiger partial charge >= 0.3 is 0 Å². The van der Waals surface area contributed by atoms with E-state index in [9.17, 15) is 8.42 Å². The molecule has 0 unspecified atom stereocenters. The zero-order valence-corrected chi connectivity index (χ0v) is 12.4. The van der Waals surface area contributed by atoms with Gasteiger partial charge in [-0.3, -0.25) is 5.32 Å². The van der Waals surface area contributed by atoms with Crippen LogP contribution >= 0.6 is 11.8 Å². The minimum atomic E-state index is -3.52. The van der Waals surface area contributed by atoms with Crippen molar-refractivity contribution >= 4 is 32.6 Å². The number of sulfonamides is 1. The molecule has 0 spiro atoms. The monoisotopic (exact) mass is 298 g/mol. The number of nitriles is 1. The van der Waals surface area contributed by atoms with E-state index in [-0.39, 0.29) is 4.90 Å². The third-order valence-electron chi connectivity index (χ3n) is 2.32. The number of amidine groups is 1. The molecule has 0 bridgehead atoms. The van der Waals surface area contributed by atoms with Crippen molar-refractivity contribution in [2.24, 2.45) is 4.99 Å². The Kier molecular flexibility index (Phi) is 5.35. The highest BCUT2D eigenvalue weighted by Gasteiger charge is 2.15. The van der Waals surface area contributed by atoms with Crippen molar-refractivity contribution in [3.8, 4) is 6.19 Å². The van der Waals surface area contributed by atoms with Crippen molar-refractivity contribution in [1.29, 1.82) is 5.26 Å². The minimum absolute atomic E-state index is 0.175. The molecule has 1 rings (SSSR count). The first-order valence-electron chi connectivity index (χ1n) is 5.26. The fourth-order valence-corrected chi connectivity index (χ4v) is 2.68. The summed E-state index contributed by atoms with van der Waals surface area (Å²) in [6.45, 7) is 1.71. The summed E-state index contributed by atoms with van der Waals surface area (Å²) in [7, 11) is -2.16. The summed E-state index contributed by atoms with van der Waals surface area (Å²) in [5, 5.41) is 11.4. The van der Waals surface area contributed by atoms with Crippen LogP contribution in [0.5, 0.6) is 0 Å². The van der Waals surface area contributed by atoms with Crippen molar-refractivity contribution in [1.82, 2.24) is 10.0 Å². The molecule has 0 heterocycles. The van der Waals surface area contributed by atoms with Gasteiger partial charge in [-0.25, -0.2) is 18.1 Å². The van der Waals surface area contributed by atoms with Gasteiger partial charge in [-0.15, -0.1) is 0 Å². The van der Waals surface area contributed by atoms with Gasteiger partial charge in [-0.05, 0) is 37.9 Å². The molecule has 0 aliphatic heterocycles. The maximum absolute atomic E-state index is 11.8. The molecule has 0 saturated carbocycles. The summed E-state index contributed by atoms with van der Waals surface area (Å²) in [6, 6.07) is 4.84. The van der Waals surface area contributed by atoms with Crippen LogP contribution in [0.3, 0.4) is 0 Å². The van der Waals surface area contributed by atoms with Gasteiger partial charge in [0.05, 0.1) is 10.6 Å². The molecule has 0 aliphatic carbocycles. The Hall–Kier alpha value is -1.56. The van der Waals surface area contributed by atoms with E-state index in [1.54, 1.807) is 31.5 Å². The van der Waals surface area contributed by atoms with Gasteiger partial charge in [0.2, 0.25) is 10.0 Å². The summed E-state index contributed by atoms with van der Waals surface area (Å²) in [6.07, 6.45) is 3.54. The third kappa shape index (κ3) is 3.96. The summed E-state index contributed by atoms with van der Waals surface area (Å²) < 4.78 is 25.9. The molecule has 0 saturated heterocycles. The van der Waals surface area contributed by atoms with E-state index in [4.69, 9.17) is 5.26 Å². The van der Waals surface area contributed by atoms with E-state index in [0.717, 1.165) is 0 Å². The first kappa shape index (κ1) is 15.5. The van der Waals surface area contributed by atoms with E-state index >= 15 is 0 Å². The number of aryl methyl sites for hydroxylation is 1. The Morgan fingerprint density at radius 2 is 2.16 bits per heavy atom. The van der Waals surface area contributed by atoms with Gasteiger partial charge in [-0.2, -0.15) is 5.26 Å². The largest absolute Gasteiger partial charge is 0.271 e. The molecule has 0 radical (unpaired) electrons. The quantitative estimate of drug-likeness (QED) is 0.380. The van der Waals surface area contributed by atoms with Crippen LogP contribution in [0.2, 0.25) is 0 Å². The maximum Gasteiger partial charge on any atom is 0.240 e. The average molecular weight is 298 g/mol. The summed E-state index contributed by atoms with van der Waals surface area (Å²) >= 11 is 1.26. The van der Waals surface area contributed by atoms with Crippen LogP contribution in [0.25, 0.3) is 0 Å². The number of hydrogen-bond acceptors (Lipinski definition) is 5. The lowest BCUT2D eigenvalue weighted by molar-refractivity contribution is 0.587. The summed E-state index contributed by atoms with van der Waals surface area (Å²) in [5.74, 6) is 0. The van der Waals surface area contributed by atoms with Gasteiger partial charge in [0.15, 0.2) is 11.4 Å². The number of aliphatic imine (C=N–C) groups is 1. The Morgan fingerprint density at radius 3 is 2.68 bits per heavy atom. The SMILES string of the molecule is CNS(=O)(=O)c1cc(N=C(NC#N)SC)ccc1C. The topological polar surface area (TPSA) is 94.3 Å². The molecule has 0 aliphatic rings. The zero-order chi connectivity index (χ0) is 14.5. The van der Waals surface area contributed by atoms with Crippen LogP contribution in [0, 0.1) is 18.4 Å². The molecular weight excluding hydrogens is 284 g/mol. The normalized spacial score (nSPS) is 12.0. The lowest BCUT2D eigenvalue weighted by Gasteiger charge is -2.07. The Morgan fingerprint density at radius 1 is 1.47 bits per heavy atom. The fraction of sp³-hybridized carbons (Fsp3) is 0.273. The first-order valence-corrected chi connectivity index (χ1v) is 7.97. The van der Waals surface area contributed by atoms with E-state index < -0.39 is 10.0 Å². The number of rotatable bonds is 3. The van der Waals surface area contributed by atoms with Crippen molar-refractivity contribution in [2.45, 2.75) is 11.8 Å². The minimum Gasteiger partial charge on any atom is -0.271 e. The van der Waals surface area contributed by atoms with Gasteiger partial charge in [0, 0.05) is 0 Å². The Bertz CT molecular complexity index is 633. The molecule has 19 heavy (non-hydrogen) atoms. The van der Waals surface area contributed by atoms with Crippen molar-refractivity contribution in [3.05, 3.63) is 23.8 Å². The Balaban J connectivity index is 3.28. The lowest BCUT2D eigenvalue weighted by Crippen LogP contribution is -2.19. The lowest BCUT2D eigenvalue weighted by atomic mass is 10.2. The number of thioether (sulfide) groups is 1. The summed E-state index contributed by atoms with van der Waals surface area (Å²) in [4.78, 5) is 4.34. The van der Waals surface area contributed by atoms with Crippen LogP contribution in [-0.4, -0.2) is 26.9 Å². The van der Waals surface area contributed by atoms with Crippen LogP contribution in [0.4, 0.5) is 5.69 Å². The number of nitrogens with zero attached hydrogens (tertiary/aromatic N) is 2. The van der Waals surface area contributed by atoms with E-state index in [1.165, 1.54) is 24.9 Å². The second kappa shape index (κ2) is 6.56. The maximum atomic E-state index is 11.8. The predicted octanol–water partition coefficient (Wildman–Crippen LogP) is 1.32. The molecule has 1 aromatic rings. The van der Waals surface area contributed by atoms with Gasteiger partial charge in [-0.1, -0.05) is 17.8 Å². The number of nitrogens with one attached hydrogen (secondary N) is 2. The smallest absolute Gasteiger partial charge is 0.240 e. The van der Waals surface area contributed by atoms with E-state index in [2.05, 4.69) is 15.0 Å². The predicted molar refractivity (Wildman–Crippen MR) is 76.8 cm³/mol. The molecule has 0 fully saturated rings. The average Bonchev–Trinajstić information content (AvgIpc) is 2.40. The van der Waals surface area contributed by atoms with E-state index in [1.807, 2.05) is 0 Å². The molecule has 8 heteroatoms. The Labute approximate surface area is 117 Å². The highest BCUT2D eigenvalue weighted by molar-refractivity contribution is 8.13. The highest BCUT2D eigenvalue weighted by Crippen LogP contribution is 2.22. The van der Waals surface area contributed by atoms with Crippen molar-refractivity contribution < 1.29 is 8.42 Å². The second-order valence-electron chi connectivity index (χ2n) is 3.52. The standard InChI is InChI=1S/C11H14N4O2S2/c1-8-4-5-9(15-11(18-3)14-7-12)6-10(8)19(16,17)13-2/h4-6,13H,1-3H3,(H,14,15). The molecule has 102 valence electrons.